The van der Waals surface area contributed by atoms with Gasteiger partial charge in [-0.25, -0.2) is 0 Å². The molecule has 2 aromatic carbocycles. The van der Waals surface area contributed by atoms with Crippen molar-refractivity contribution >= 4 is 11.6 Å². The van der Waals surface area contributed by atoms with Crippen molar-refractivity contribution in [3.63, 3.8) is 0 Å². The zero-order chi connectivity index (χ0) is 15.8. The molecule has 1 aliphatic heterocycles. The van der Waals surface area contributed by atoms with Crippen molar-refractivity contribution in [2.24, 2.45) is 0 Å². The molecule has 2 heterocycles. The second kappa shape index (κ2) is 5.28. The minimum absolute atomic E-state index is 0.217. The Kier molecular flexibility index (Phi) is 3.12. The van der Waals surface area contributed by atoms with Crippen molar-refractivity contribution in [3.05, 3.63) is 65.4 Å². The van der Waals surface area contributed by atoms with Gasteiger partial charge in [-0.1, -0.05) is 29.8 Å². The van der Waals surface area contributed by atoms with Crippen LogP contribution >= 0.6 is 0 Å². The van der Waals surface area contributed by atoms with Crippen molar-refractivity contribution in [3.8, 4) is 17.0 Å². The normalized spacial score (nSPS) is 12.0. The first-order valence-electron chi connectivity index (χ1n) is 7.40. The third-order valence-corrected chi connectivity index (χ3v) is 3.92. The number of para-hydroxylation sites is 1. The Morgan fingerprint density at radius 3 is 2.78 bits per heavy atom. The van der Waals surface area contributed by atoms with Crippen LogP contribution in [0, 0.1) is 6.92 Å². The highest BCUT2D eigenvalue weighted by Gasteiger charge is 2.26. The van der Waals surface area contributed by atoms with Crippen molar-refractivity contribution in [2.75, 3.05) is 5.32 Å². The molecule has 0 aliphatic carbocycles. The molecule has 2 N–H and O–H groups in total. The van der Waals surface area contributed by atoms with Gasteiger partial charge in [0.1, 0.15) is 23.7 Å². The molecule has 0 radical (unpaired) electrons. The van der Waals surface area contributed by atoms with Crippen LogP contribution in [0.2, 0.25) is 0 Å². The molecule has 0 saturated heterocycles. The van der Waals surface area contributed by atoms with Crippen LogP contribution in [-0.4, -0.2) is 16.1 Å². The van der Waals surface area contributed by atoms with E-state index >= 15 is 0 Å². The van der Waals surface area contributed by atoms with E-state index in [0.717, 1.165) is 33.8 Å². The van der Waals surface area contributed by atoms with E-state index in [1.54, 1.807) is 0 Å². The van der Waals surface area contributed by atoms with Crippen LogP contribution in [0.25, 0.3) is 11.3 Å². The molecular weight excluding hydrogens is 290 g/mol. The summed E-state index contributed by atoms with van der Waals surface area (Å²) in [6, 6.07) is 15.4. The summed E-state index contributed by atoms with van der Waals surface area (Å²) in [6.45, 7) is 2.34. The van der Waals surface area contributed by atoms with Gasteiger partial charge in [0.2, 0.25) is 0 Å². The second-order valence-electron chi connectivity index (χ2n) is 5.53. The van der Waals surface area contributed by atoms with Gasteiger partial charge in [0.05, 0.1) is 0 Å². The Balaban J connectivity index is 1.65. The van der Waals surface area contributed by atoms with Crippen LogP contribution in [0.4, 0.5) is 5.69 Å². The van der Waals surface area contributed by atoms with Crippen molar-refractivity contribution in [1.82, 2.24) is 10.2 Å². The number of benzene rings is 2. The second-order valence-corrected chi connectivity index (χ2v) is 5.53. The summed E-state index contributed by atoms with van der Waals surface area (Å²) < 4.78 is 5.73. The number of carbonyl (C=O) groups excluding carboxylic acids is 1. The summed E-state index contributed by atoms with van der Waals surface area (Å²) in [7, 11) is 0. The van der Waals surface area contributed by atoms with Gasteiger partial charge < -0.3 is 10.1 Å². The predicted molar refractivity (Wildman–Crippen MR) is 87.5 cm³/mol. The van der Waals surface area contributed by atoms with E-state index in [4.69, 9.17) is 4.74 Å². The van der Waals surface area contributed by atoms with Crippen LogP contribution in [0.3, 0.4) is 0 Å². The first-order valence-corrected chi connectivity index (χ1v) is 7.40. The number of H-pyrrole nitrogens is 1. The Morgan fingerprint density at radius 1 is 1.17 bits per heavy atom. The van der Waals surface area contributed by atoms with Gasteiger partial charge in [0.25, 0.3) is 5.91 Å². The van der Waals surface area contributed by atoms with Crippen LogP contribution in [0.5, 0.6) is 5.75 Å². The molecule has 5 heteroatoms. The summed E-state index contributed by atoms with van der Waals surface area (Å²) >= 11 is 0. The molecule has 5 nitrogen and oxygen atoms in total. The SMILES string of the molecule is Cc1ccc(NC(=O)c2[nH]nc3c2COc2ccccc2-3)cc1. The lowest BCUT2D eigenvalue weighted by molar-refractivity contribution is 0.102. The van der Waals surface area contributed by atoms with Crippen molar-refractivity contribution < 1.29 is 9.53 Å². The standard InChI is InChI=1S/C18H15N3O2/c1-11-6-8-12(9-7-11)19-18(22)17-14-10-23-15-5-3-2-4-13(15)16(14)20-21-17/h2-9H,10H2,1H3,(H,19,22)(H,20,21). The lowest BCUT2D eigenvalue weighted by Gasteiger charge is -2.17. The van der Waals surface area contributed by atoms with E-state index < -0.39 is 0 Å². The molecule has 1 aromatic heterocycles. The van der Waals surface area contributed by atoms with E-state index in [1.165, 1.54) is 0 Å². The lowest BCUT2D eigenvalue weighted by Crippen LogP contribution is -2.16. The fourth-order valence-corrected chi connectivity index (χ4v) is 2.68. The maximum absolute atomic E-state index is 12.5. The van der Waals surface area contributed by atoms with Gasteiger partial charge in [-0.2, -0.15) is 5.10 Å². The highest BCUT2D eigenvalue weighted by Crippen LogP contribution is 2.37. The Bertz CT molecular complexity index is 882. The minimum atomic E-state index is -0.217. The molecule has 4 rings (SSSR count). The molecule has 0 spiro atoms. The molecule has 0 atom stereocenters. The summed E-state index contributed by atoms with van der Waals surface area (Å²) in [5, 5.41) is 10.0. The largest absolute Gasteiger partial charge is 0.488 e. The van der Waals surface area contributed by atoms with E-state index in [1.807, 2.05) is 55.5 Å². The zero-order valence-electron chi connectivity index (χ0n) is 12.6. The van der Waals surface area contributed by atoms with Crippen LogP contribution in [-0.2, 0) is 6.61 Å². The van der Waals surface area contributed by atoms with Crippen LogP contribution in [0.15, 0.2) is 48.5 Å². The van der Waals surface area contributed by atoms with Gasteiger partial charge in [-0.15, -0.1) is 0 Å². The number of hydrogen-bond donors (Lipinski definition) is 2. The number of nitrogens with one attached hydrogen (secondary N) is 2. The van der Waals surface area contributed by atoms with Gasteiger partial charge in [-0.05, 0) is 31.2 Å². The number of nitrogens with zero attached hydrogens (tertiary/aromatic N) is 1. The van der Waals surface area contributed by atoms with E-state index in [-0.39, 0.29) is 5.91 Å². The number of hydrogen-bond acceptors (Lipinski definition) is 3. The number of aromatic nitrogens is 2. The summed E-state index contributed by atoms with van der Waals surface area (Å²) in [5.41, 5.74) is 4.80. The molecular formula is C18H15N3O2. The Hall–Kier alpha value is -3.08. The van der Waals surface area contributed by atoms with Gasteiger partial charge in [0.15, 0.2) is 0 Å². The van der Waals surface area contributed by atoms with Crippen molar-refractivity contribution in [1.29, 1.82) is 0 Å². The number of aromatic amines is 1. The zero-order valence-corrected chi connectivity index (χ0v) is 12.6. The van der Waals surface area contributed by atoms with E-state index in [0.29, 0.717) is 12.3 Å². The summed E-state index contributed by atoms with van der Waals surface area (Å²) in [4.78, 5) is 12.5. The molecule has 23 heavy (non-hydrogen) atoms. The van der Waals surface area contributed by atoms with E-state index in [2.05, 4.69) is 15.5 Å². The van der Waals surface area contributed by atoms with Crippen LogP contribution in [0.1, 0.15) is 21.6 Å². The number of amides is 1. The summed E-state index contributed by atoms with van der Waals surface area (Å²) in [5.74, 6) is 0.572. The number of ether oxygens (including phenoxy) is 1. The molecule has 1 aliphatic rings. The van der Waals surface area contributed by atoms with Crippen molar-refractivity contribution in [2.45, 2.75) is 13.5 Å². The number of rotatable bonds is 2. The molecule has 114 valence electrons. The third kappa shape index (κ3) is 2.36. The Morgan fingerprint density at radius 2 is 1.96 bits per heavy atom. The molecule has 0 bridgehead atoms. The smallest absolute Gasteiger partial charge is 0.274 e. The molecule has 1 amide bonds. The lowest BCUT2D eigenvalue weighted by atomic mass is 10.0. The summed E-state index contributed by atoms with van der Waals surface area (Å²) in [6.07, 6.45) is 0. The molecule has 0 fully saturated rings. The van der Waals surface area contributed by atoms with E-state index in [9.17, 15) is 4.79 Å². The van der Waals surface area contributed by atoms with Gasteiger partial charge in [-0.3, -0.25) is 9.89 Å². The number of aryl methyl sites for hydroxylation is 1. The molecule has 0 saturated carbocycles. The van der Waals surface area contributed by atoms with Crippen LogP contribution < -0.4 is 10.1 Å². The highest BCUT2D eigenvalue weighted by molar-refractivity contribution is 6.05. The highest BCUT2D eigenvalue weighted by atomic mass is 16.5. The monoisotopic (exact) mass is 305 g/mol. The first kappa shape index (κ1) is 13.6. The third-order valence-electron chi connectivity index (χ3n) is 3.92. The van der Waals surface area contributed by atoms with Gasteiger partial charge in [0, 0.05) is 16.8 Å². The average molecular weight is 305 g/mol. The Labute approximate surface area is 133 Å². The van der Waals surface area contributed by atoms with Gasteiger partial charge >= 0.3 is 0 Å². The first-order chi connectivity index (χ1) is 11.2. The fourth-order valence-electron chi connectivity index (χ4n) is 2.68. The molecule has 0 unspecified atom stereocenters. The number of anilines is 1. The topological polar surface area (TPSA) is 67.0 Å². The predicted octanol–water partition coefficient (Wildman–Crippen LogP) is 3.53. The maximum atomic E-state index is 12.5. The number of fused-ring (bicyclic) bond motifs is 3. The minimum Gasteiger partial charge on any atom is -0.488 e. The number of carbonyl (C=O) groups is 1. The maximum Gasteiger partial charge on any atom is 0.274 e. The average Bonchev–Trinajstić information content (AvgIpc) is 3.01. The quantitative estimate of drug-likeness (QED) is 0.761. The molecule has 3 aromatic rings. The fraction of sp³-hybridized carbons (Fsp3) is 0.111.